The molecule has 5 aliphatic rings. The van der Waals surface area contributed by atoms with Gasteiger partial charge in [-0.25, -0.2) is 13.1 Å². The molecule has 0 aromatic rings. The third-order valence-electron chi connectivity index (χ3n) is 10.5. The van der Waals surface area contributed by atoms with E-state index in [2.05, 4.69) is 29.0 Å². The highest BCUT2D eigenvalue weighted by Crippen LogP contribution is 2.68. The van der Waals surface area contributed by atoms with Gasteiger partial charge in [0.15, 0.2) is 0 Å². The molecule has 2 heterocycles. The number of nitrogens with one attached hydrogen (secondary N) is 2. The number of amides is 1. The molecule has 0 bridgehead atoms. The first kappa shape index (κ1) is 24.5. The van der Waals surface area contributed by atoms with Crippen LogP contribution in [0.3, 0.4) is 0 Å². The molecule has 192 valence electrons. The maximum Gasteiger partial charge on any atom is 0.223 e. The highest BCUT2D eigenvalue weighted by Gasteiger charge is 2.71. The third kappa shape index (κ3) is 3.24. The van der Waals surface area contributed by atoms with E-state index < -0.39 is 33.2 Å². The van der Waals surface area contributed by atoms with Gasteiger partial charge in [-0.1, -0.05) is 32.9 Å². The number of nitrogens with zero attached hydrogens (tertiary/aromatic N) is 1. The maximum atomic E-state index is 12.5. The number of sulfonamides is 1. The number of carbonyl (C=O) groups excluding carboxylic acids is 1. The van der Waals surface area contributed by atoms with Crippen molar-refractivity contribution in [1.82, 2.24) is 10.0 Å². The first-order chi connectivity index (χ1) is 15.7. The zero-order valence-corrected chi connectivity index (χ0v) is 21.6. The fourth-order valence-corrected chi connectivity index (χ4v) is 9.48. The van der Waals surface area contributed by atoms with E-state index in [1.807, 2.05) is 13.8 Å². The van der Waals surface area contributed by atoms with Crippen LogP contribution in [0.4, 0.5) is 0 Å². The SMILES string of the molecule is CC1CCC2C(C)(C)C(=NO)C(NS(C)(=O)=O)CC23OC2C(CC13C)C(O)CC1C(=O)NCC12. The summed E-state index contributed by atoms with van der Waals surface area (Å²) in [7, 11) is -3.58. The minimum atomic E-state index is -3.58. The Morgan fingerprint density at radius 1 is 1.18 bits per heavy atom. The van der Waals surface area contributed by atoms with Crippen LogP contribution in [0.1, 0.15) is 59.8 Å². The molecule has 10 unspecified atom stereocenters. The second-order valence-corrected chi connectivity index (χ2v) is 14.2. The van der Waals surface area contributed by atoms with Crippen molar-refractivity contribution in [2.75, 3.05) is 12.8 Å². The predicted octanol–water partition coefficient (Wildman–Crippen LogP) is 1.49. The van der Waals surface area contributed by atoms with Crippen LogP contribution in [-0.2, 0) is 19.6 Å². The standard InChI is InChI=1S/C24H39N3O6S/c1-12-6-7-18-22(2,3)20(26-30)16(27-34(5,31)32)10-24(18)23(12,4)9-14-17(28)8-13-15(19(14)33-24)11-25-21(13)29/h12-19,27-28,30H,6-11H2,1-5H3,(H,25,29). The van der Waals surface area contributed by atoms with Crippen LogP contribution >= 0.6 is 0 Å². The van der Waals surface area contributed by atoms with Gasteiger partial charge in [0, 0.05) is 29.7 Å². The third-order valence-corrected chi connectivity index (χ3v) is 11.3. The summed E-state index contributed by atoms with van der Waals surface area (Å²) in [5.41, 5.74) is -1.16. The summed E-state index contributed by atoms with van der Waals surface area (Å²) in [5.74, 6) is -0.0278. The fourth-order valence-electron chi connectivity index (χ4n) is 8.77. The fraction of sp³-hybridized carbons (Fsp3) is 0.917. The van der Waals surface area contributed by atoms with Crippen LogP contribution in [0, 0.1) is 40.4 Å². The average molecular weight is 498 g/mol. The molecule has 0 aromatic carbocycles. The van der Waals surface area contributed by atoms with E-state index in [-0.39, 0.29) is 41.1 Å². The Kier molecular flexibility index (Phi) is 5.49. The molecule has 1 amide bonds. The Hall–Kier alpha value is -1.23. The van der Waals surface area contributed by atoms with Crippen LogP contribution in [0.15, 0.2) is 5.16 Å². The summed E-state index contributed by atoms with van der Waals surface area (Å²) < 4.78 is 34.6. The van der Waals surface area contributed by atoms with Crippen molar-refractivity contribution >= 4 is 21.6 Å². The summed E-state index contributed by atoms with van der Waals surface area (Å²) in [6.45, 7) is 9.07. The molecule has 0 radical (unpaired) electrons. The number of rotatable bonds is 2. The van der Waals surface area contributed by atoms with Gasteiger partial charge in [0.05, 0.1) is 35.8 Å². The van der Waals surface area contributed by atoms with Gasteiger partial charge < -0.3 is 20.4 Å². The predicted molar refractivity (Wildman–Crippen MR) is 126 cm³/mol. The molecule has 3 aliphatic carbocycles. The maximum absolute atomic E-state index is 12.5. The molecule has 3 saturated carbocycles. The summed E-state index contributed by atoms with van der Waals surface area (Å²) in [5, 5.41) is 27.7. The molecule has 34 heavy (non-hydrogen) atoms. The lowest BCUT2D eigenvalue weighted by molar-refractivity contribution is -0.320. The van der Waals surface area contributed by atoms with E-state index in [4.69, 9.17) is 4.74 Å². The van der Waals surface area contributed by atoms with Crippen molar-refractivity contribution in [2.24, 2.45) is 45.6 Å². The average Bonchev–Trinajstić information content (AvgIpc) is 3.07. The number of hydrogen-bond acceptors (Lipinski definition) is 7. The molecule has 10 atom stereocenters. The number of fused-ring (bicyclic) bond motifs is 3. The summed E-state index contributed by atoms with van der Waals surface area (Å²) in [6.07, 6.45) is 3.69. The highest BCUT2D eigenvalue weighted by atomic mass is 32.2. The molecule has 2 aliphatic heterocycles. The van der Waals surface area contributed by atoms with Crippen LogP contribution in [0.2, 0.25) is 0 Å². The summed E-state index contributed by atoms with van der Waals surface area (Å²) in [4.78, 5) is 12.5. The van der Waals surface area contributed by atoms with Crippen molar-refractivity contribution in [3.05, 3.63) is 0 Å². The first-order valence-corrected chi connectivity index (χ1v) is 14.5. The van der Waals surface area contributed by atoms with Gasteiger partial charge in [-0.05, 0) is 49.4 Å². The first-order valence-electron chi connectivity index (χ1n) is 12.6. The lowest BCUT2D eigenvalue weighted by Gasteiger charge is -2.70. The minimum absolute atomic E-state index is 0.00459. The number of ether oxygens (including phenoxy) is 1. The Morgan fingerprint density at radius 2 is 1.88 bits per heavy atom. The molecule has 5 fully saturated rings. The van der Waals surface area contributed by atoms with E-state index in [1.165, 1.54) is 0 Å². The lowest BCUT2D eigenvalue weighted by atomic mass is 9.41. The topological polar surface area (TPSA) is 137 Å². The second-order valence-electron chi connectivity index (χ2n) is 12.5. The van der Waals surface area contributed by atoms with Gasteiger partial charge in [-0.2, -0.15) is 0 Å². The molecular formula is C24H39N3O6S. The van der Waals surface area contributed by atoms with Crippen LogP contribution in [-0.4, -0.2) is 67.0 Å². The van der Waals surface area contributed by atoms with Crippen molar-refractivity contribution in [3.8, 4) is 0 Å². The molecular weight excluding hydrogens is 458 g/mol. The van der Waals surface area contributed by atoms with Gasteiger partial charge in [0.2, 0.25) is 15.9 Å². The normalized spacial score (nSPS) is 51.1. The second kappa shape index (κ2) is 7.63. The largest absolute Gasteiger partial charge is 0.411 e. The van der Waals surface area contributed by atoms with E-state index >= 15 is 0 Å². The quantitative estimate of drug-likeness (QED) is 0.337. The molecule has 0 aromatic heterocycles. The number of aliphatic hydroxyl groups is 1. The van der Waals surface area contributed by atoms with E-state index in [0.717, 1.165) is 25.5 Å². The summed E-state index contributed by atoms with van der Waals surface area (Å²) in [6, 6.07) is -0.694. The molecule has 9 nitrogen and oxygen atoms in total. The zero-order chi connectivity index (χ0) is 24.8. The summed E-state index contributed by atoms with van der Waals surface area (Å²) >= 11 is 0. The van der Waals surface area contributed by atoms with Gasteiger partial charge in [-0.3, -0.25) is 4.79 Å². The van der Waals surface area contributed by atoms with E-state index in [9.17, 15) is 23.5 Å². The van der Waals surface area contributed by atoms with Crippen LogP contribution in [0.25, 0.3) is 0 Å². The van der Waals surface area contributed by atoms with Crippen molar-refractivity contribution in [2.45, 2.75) is 83.6 Å². The van der Waals surface area contributed by atoms with Crippen molar-refractivity contribution < 1.29 is 28.3 Å². The molecule has 10 heteroatoms. The Labute approximate surface area is 202 Å². The van der Waals surface area contributed by atoms with Gasteiger partial charge in [0.25, 0.3) is 0 Å². The smallest absolute Gasteiger partial charge is 0.223 e. The van der Waals surface area contributed by atoms with Gasteiger partial charge >= 0.3 is 0 Å². The molecule has 1 spiro atoms. The number of aliphatic hydroxyl groups excluding tert-OH is 1. The number of hydrogen-bond donors (Lipinski definition) is 4. The van der Waals surface area contributed by atoms with Crippen molar-refractivity contribution in [1.29, 1.82) is 0 Å². The van der Waals surface area contributed by atoms with Crippen LogP contribution < -0.4 is 10.0 Å². The Balaban J connectivity index is 1.64. The van der Waals surface area contributed by atoms with Crippen molar-refractivity contribution in [3.63, 3.8) is 0 Å². The van der Waals surface area contributed by atoms with Gasteiger partial charge in [0.1, 0.15) is 0 Å². The van der Waals surface area contributed by atoms with E-state index in [0.29, 0.717) is 31.0 Å². The highest BCUT2D eigenvalue weighted by molar-refractivity contribution is 7.88. The molecule has 2 saturated heterocycles. The van der Waals surface area contributed by atoms with Crippen LogP contribution in [0.5, 0.6) is 0 Å². The molecule has 5 rings (SSSR count). The molecule has 4 N–H and O–H groups in total. The Morgan fingerprint density at radius 3 is 2.53 bits per heavy atom. The Bertz CT molecular complexity index is 1010. The lowest BCUT2D eigenvalue weighted by Crippen LogP contribution is -2.75. The monoisotopic (exact) mass is 497 g/mol. The van der Waals surface area contributed by atoms with Gasteiger partial charge in [-0.15, -0.1) is 0 Å². The zero-order valence-electron chi connectivity index (χ0n) is 20.7. The number of oxime groups is 1. The number of carbonyl (C=O) groups is 1. The minimum Gasteiger partial charge on any atom is -0.411 e. The van der Waals surface area contributed by atoms with E-state index in [1.54, 1.807) is 0 Å².